The van der Waals surface area contributed by atoms with E-state index < -0.39 is 11.6 Å². The maximum absolute atomic E-state index is 12.9. The van der Waals surface area contributed by atoms with Gasteiger partial charge < -0.3 is 0 Å². The Hall–Kier alpha value is -2.01. The van der Waals surface area contributed by atoms with Gasteiger partial charge in [0.2, 0.25) is 0 Å². The molecule has 1 aromatic heterocycles. The van der Waals surface area contributed by atoms with Crippen LogP contribution in [0.5, 0.6) is 0 Å². The molecule has 0 bridgehead atoms. The van der Waals surface area contributed by atoms with Gasteiger partial charge in [-0.2, -0.15) is 19.3 Å². The van der Waals surface area contributed by atoms with Gasteiger partial charge in [0, 0.05) is 18.7 Å². The number of nitrogens with zero attached hydrogens (tertiary/aromatic N) is 3. The molecule has 0 N–H and O–H groups in total. The van der Waals surface area contributed by atoms with Crippen LogP contribution in [0.4, 0.5) is 8.78 Å². The zero-order valence-corrected chi connectivity index (χ0v) is 7.96. The van der Waals surface area contributed by atoms with Crippen LogP contribution < -0.4 is 0 Å². The third-order valence-corrected chi connectivity index (χ3v) is 1.83. The van der Waals surface area contributed by atoms with Gasteiger partial charge in [0.15, 0.2) is 0 Å². The van der Waals surface area contributed by atoms with E-state index in [1.807, 2.05) is 6.07 Å². The molecule has 76 valence electrons. The molecule has 1 heterocycles. The Kier molecular flexibility index (Phi) is 2.96. The molecular formula is C10H7F2N3. The smallest absolute Gasteiger partial charge is 0.255 e. The summed E-state index contributed by atoms with van der Waals surface area (Å²) >= 11 is 0. The van der Waals surface area contributed by atoms with Crippen LogP contribution in [0.15, 0.2) is 12.3 Å². The van der Waals surface area contributed by atoms with Crippen molar-refractivity contribution in [2.75, 3.05) is 0 Å². The van der Waals surface area contributed by atoms with Crippen molar-refractivity contribution in [3.8, 4) is 12.1 Å². The average molecular weight is 207 g/mol. The molecular weight excluding hydrogens is 200 g/mol. The zero-order valence-electron chi connectivity index (χ0n) is 7.96. The number of halogens is 2. The van der Waals surface area contributed by atoms with Crippen molar-refractivity contribution in [1.29, 1.82) is 10.5 Å². The number of pyridine rings is 1. The first kappa shape index (κ1) is 11.1. The Morgan fingerprint density at radius 3 is 2.60 bits per heavy atom. The first-order valence-electron chi connectivity index (χ1n) is 4.13. The predicted octanol–water partition coefficient (Wildman–Crippen LogP) is 2.13. The van der Waals surface area contributed by atoms with Crippen LogP contribution in [-0.4, -0.2) is 4.98 Å². The van der Waals surface area contributed by atoms with Crippen molar-refractivity contribution < 1.29 is 8.78 Å². The molecule has 0 radical (unpaired) electrons. The van der Waals surface area contributed by atoms with Crippen molar-refractivity contribution >= 4 is 0 Å². The van der Waals surface area contributed by atoms with Crippen LogP contribution in [0, 0.1) is 22.7 Å². The number of hydrogen-bond donors (Lipinski definition) is 0. The molecule has 5 heteroatoms. The van der Waals surface area contributed by atoms with E-state index in [4.69, 9.17) is 10.5 Å². The maximum Gasteiger partial charge on any atom is 0.287 e. The fourth-order valence-electron chi connectivity index (χ4n) is 1.05. The second-order valence-corrected chi connectivity index (χ2v) is 3.06. The lowest BCUT2D eigenvalue weighted by Gasteiger charge is -2.10. The third kappa shape index (κ3) is 2.47. The summed E-state index contributed by atoms with van der Waals surface area (Å²) in [5, 5.41) is 17.1. The highest BCUT2D eigenvalue weighted by Crippen LogP contribution is 2.26. The SMILES string of the molecule is CC(F)(F)c1cc(C#N)c(CC#N)cn1. The van der Waals surface area contributed by atoms with Crippen LogP contribution >= 0.6 is 0 Å². The zero-order chi connectivity index (χ0) is 11.5. The lowest BCUT2D eigenvalue weighted by Crippen LogP contribution is -2.10. The summed E-state index contributed by atoms with van der Waals surface area (Å²) < 4.78 is 25.7. The quantitative estimate of drug-likeness (QED) is 0.746. The van der Waals surface area contributed by atoms with Gasteiger partial charge in [0.05, 0.1) is 24.1 Å². The molecule has 15 heavy (non-hydrogen) atoms. The van der Waals surface area contributed by atoms with Crippen LogP contribution in [-0.2, 0) is 12.3 Å². The molecule has 0 aliphatic rings. The van der Waals surface area contributed by atoms with Crippen molar-refractivity contribution in [1.82, 2.24) is 4.98 Å². The van der Waals surface area contributed by atoms with E-state index >= 15 is 0 Å². The Labute approximate surface area is 85.6 Å². The number of rotatable bonds is 2. The van der Waals surface area contributed by atoms with E-state index in [9.17, 15) is 8.78 Å². The molecule has 3 nitrogen and oxygen atoms in total. The minimum atomic E-state index is -3.07. The maximum atomic E-state index is 12.9. The second-order valence-electron chi connectivity index (χ2n) is 3.06. The second kappa shape index (κ2) is 4.02. The van der Waals surface area contributed by atoms with Crippen molar-refractivity contribution in [2.24, 2.45) is 0 Å². The molecule has 0 atom stereocenters. The average Bonchev–Trinajstić information content (AvgIpc) is 2.17. The van der Waals surface area contributed by atoms with Crippen LogP contribution in [0.2, 0.25) is 0 Å². The Balaban J connectivity index is 3.22. The fourth-order valence-corrected chi connectivity index (χ4v) is 1.05. The van der Waals surface area contributed by atoms with Gasteiger partial charge in [-0.25, -0.2) is 0 Å². The molecule has 0 spiro atoms. The molecule has 0 saturated carbocycles. The van der Waals surface area contributed by atoms with E-state index in [0.717, 1.165) is 12.3 Å². The molecule has 0 fully saturated rings. The molecule has 1 rings (SSSR count). The van der Waals surface area contributed by atoms with Gasteiger partial charge in [-0.15, -0.1) is 0 Å². The summed E-state index contributed by atoms with van der Waals surface area (Å²) in [6, 6.07) is 4.63. The van der Waals surface area contributed by atoms with Crippen LogP contribution in [0.25, 0.3) is 0 Å². The van der Waals surface area contributed by atoms with Crippen molar-refractivity contribution in [3.05, 3.63) is 29.1 Å². The van der Waals surface area contributed by atoms with E-state index in [1.165, 1.54) is 0 Å². The number of aromatic nitrogens is 1. The standard InChI is InChI=1S/C10H7F2N3/c1-10(11,12)9-4-8(5-14)7(2-3-13)6-15-9/h4,6H,2H2,1H3. The number of alkyl halides is 2. The van der Waals surface area contributed by atoms with Gasteiger partial charge in [-0.1, -0.05) is 0 Å². The normalized spacial score (nSPS) is 10.5. The highest BCUT2D eigenvalue weighted by atomic mass is 19.3. The van der Waals surface area contributed by atoms with Gasteiger partial charge >= 0.3 is 0 Å². The van der Waals surface area contributed by atoms with Gasteiger partial charge in [-0.05, 0) is 6.07 Å². The highest BCUT2D eigenvalue weighted by molar-refractivity contribution is 5.39. The summed E-state index contributed by atoms with van der Waals surface area (Å²) in [7, 11) is 0. The van der Waals surface area contributed by atoms with Crippen molar-refractivity contribution in [3.63, 3.8) is 0 Å². The number of hydrogen-bond acceptors (Lipinski definition) is 3. The third-order valence-electron chi connectivity index (χ3n) is 1.83. The Morgan fingerprint density at radius 2 is 2.13 bits per heavy atom. The van der Waals surface area contributed by atoms with E-state index in [1.54, 1.807) is 6.07 Å². The molecule has 0 aliphatic carbocycles. The predicted molar refractivity (Wildman–Crippen MR) is 47.8 cm³/mol. The summed E-state index contributed by atoms with van der Waals surface area (Å²) in [5.41, 5.74) is -0.0168. The first-order chi connectivity index (χ1) is 6.99. The molecule has 0 amide bonds. The summed E-state index contributed by atoms with van der Waals surface area (Å²) in [5.74, 6) is -3.07. The highest BCUT2D eigenvalue weighted by Gasteiger charge is 2.26. The lowest BCUT2D eigenvalue weighted by atomic mass is 10.1. The fraction of sp³-hybridized carbons (Fsp3) is 0.300. The van der Waals surface area contributed by atoms with E-state index in [0.29, 0.717) is 12.5 Å². The largest absolute Gasteiger partial charge is 0.287 e. The minimum Gasteiger partial charge on any atom is -0.255 e. The van der Waals surface area contributed by atoms with Gasteiger partial charge in [0.1, 0.15) is 5.69 Å². The lowest BCUT2D eigenvalue weighted by molar-refractivity contribution is 0.0127. The van der Waals surface area contributed by atoms with Crippen LogP contribution in [0.3, 0.4) is 0 Å². The van der Waals surface area contributed by atoms with Crippen molar-refractivity contribution in [2.45, 2.75) is 19.3 Å². The molecule has 0 unspecified atom stereocenters. The summed E-state index contributed by atoms with van der Waals surface area (Å²) in [4.78, 5) is 3.52. The summed E-state index contributed by atoms with van der Waals surface area (Å²) in [6.07, 6.45) is 1.14. The molecule has 1 aromatic rings. The molecule has 0 aliphatic heterocycles. The monoisotopic (exact) mass is 207 g/mol. The summed E-state index contributed by atoms with van der Waals surface area (Å²) in [6.45, 7) is 0.709. The van der Waals surface area contributed by atoms with Gasteiger partial charge in [-0.3, -0.25) is 4.98 Å². The van der Waals surface area contributed by atoms with E-state index in [2.05, 4.69) is 4.98 Å². The molecule has 0 aromatic carbocycles. The van der Waals surface area contributed by atoms with Crippen LogP contribution in [0.1, 0.15) is 23.7 Å². The number of nitriles is 2. The Bertz CT molecular complexity index is 449. The Morgan fingerprint density at radius 1 is 1.47 bits per heavy atom. The van der Waals surface area contributed by atoms with E-state index in [-0.39, 0.29) is 12.0 Å². The van der Waals surface area contributed by atoms with Gasteiger partial charge in [0.25, 0.3) is 5.92 Å². The minimum absolute atomic E-state index is 0.00847. The molecule has 0 saturated heterocycles. The topological polar surface area (TPSA) is 60.5 Å². The first-order valence-corrected chi connectivity index (χ1v) is 4.13.